The van der Waals surface area contributed by atoms with E-state index in [4.69, 9.17) is 0 Å². The molecule has 1 aliphatic rings. The van der Waals surface area contributed by atoms with Gasteiger partial charge < -0.3 is 5.73 Å². The molecule has 2 amide bonds. The summed E-state index contributed by atoms with van der Waals surface area (Å²) in [5.74, 6) is -0.425. The first-order chi connectivity index (χ1) is 4.20. The second-order valence-electron chi connectivity index (χ2n) is 2.15. The molecule has 50 valence electrons. The zero-order valence-corrected chi connectivity index (χ0v) is 5.02. The van der Waals surface area contributed by atoms with Crippen molar-refractivity contribution in [1.29, 1.82) is 0 Å². The van der Waals surface area contributed by atoms with Crippen LogP contribution in [0.25, 0.3) is 0 Å². The lowest BCUT2D eigenvalue weighted by molar-refractivity contribution is -0.405. The van der Waals surface area contributed by atoms with E-state index in [1.54, 1.807) is 0 Å². The molecule has 1 unspecified atom stereocenters. The van der Waals surface area contributed by atoms with Crippen LogP contribution in [0.5, 0.6) is 0 Å². The van der Waals surface area contributed by atoms with Crippen molar-refractivity contribution in [2.24, 2.45) is 0 Å². The lowest BCUT2D eigenvalue weighted by Crippen LogP contribution is -2.69. The molecule has 0 aromatic carbocycles. The van der Waals surface area contributed by atoms with E-state index < -0.39 is 0 Å². The third-order valence-corrected chi connectivity index (χ3v) is 1.35. The maximum Gasteiger partial charge on any atom is 0.284 e. The summed E-state index contributed by atoms with van der Waals surface area (Å²) in [4.78, 5) is 21.1. The molecular formula is C5H9N2O2+. The van der Waals surface area contributed by atoms with Crippen molar-refractivity contribution in [1.82, 2.24) is 5.32 Å². The van der Waals surface area contributed by atoms with Crippen LogP contribution in [0.2, 0.25) is 0 Å². The predicted octanol–water partition coefficient (Wildman–Crippen LogP) is -1.97. The Labute approximate surface area is 52.4 Å². The molecule has 0 saturated carbocycles. The Morgan fingerprint density at radius 2 is 2.22 bits per heavy atom. The molecule has 0 radical (unpaired) electrons. The molecule has 1 atom stereocenters. The van der Waals surface area contributed by atoms with Crippen molar-refractivity contribution in [2.75, 3.05) is 0 Å². The molecule has 4 nitrogen and oxygen atoms in total. The summed E-state index contributed by atoms with van der Waals surface area (Å²) in [6.07, 6.45) is 1.02. The van der Waals surface area contributed by atoms with Crippen LogP contribution in [-0.4, -0.2) is 17.9 Å². The first kappa shape index (κ1) is 6.22. The van der Waals surface area contributed by atoms with E-state index in [0.717, 1.165) is 0 Å². The third-order valence-electron chi connectivity index (χ3n) is 1.35. The van der Waals surface area contributed by atoms with Crippen molar-refractivity contribution < 1.29 is 15.3 Å². The fraction of sp³-hybridized carbons (Fsp3) is 0.600. The molecular weight excluding hydrogens is 120 g/mol. The Morgan fingerprint density at radius 1 is 1.56 bits per heavy atom. The summed E-state index contributed by atoms with van der Waals surface area (Å²) >= 11 is 0. The zero-order chi connectivity index (χ0) is 6.85. The van der Waals surface area contributed by atoms with Crippen molar-refractivity contribution >= 4 is 11.8 Å². The van der Waals surface area contributed by atoms with Crippen molar-refractivity contribution in [3.63, 3.8) is 0 Å². The van der Waals surface area contributed by atoms with Gasteiger partial charge in [-0.3, -0.25) is 14.9 Å². The Kier molecular flexibility index (Phi) is 1.48. The Hall–Kier alpha value is -0.900. The van der Waals surface area contributed by atoms with Crippen LogP contribution in [0.4, 0.5) is 0 Å². The van der Waals surface area contributed by atoms with E-state index in [2.05, 4.69) is 11.1 Å². The average molecular weight is 129 g/mol. The minimum atomic E-state index is -0.244. The average Bonchev–Trinajstić information content (AvgIpc) is 1.80. The standard InChI is InChI=1S/C5H8N2O2/c6-3-1-2-4(8)7-5(3)9/h3H,1-2,6H2,(H,7,8,9)/p+1. The quantitative estimate of drug-likeness (QED) is 0.372. The van der Waals surface area contributed by atoms with Crippen molar-refractivity contribution in [3.8, 4) is 0 Å². The Balaban J connectivity index is 2.54. The van der Waals surface area contributed by atoms with E-state index in [1.165, 1.54) is 0 Å². The molecule has 4 heteroatoms. The number of hydrogen-bond donors (Lipinski definition) is 2. The smallest absolute Gasteiger partial charge is 0.284 e. The van der Waals surface area contributed by atoms with Crippen LogP contribution in [0.3, 0.4) is 0 Å². The van der Waals surface area contributed by atoms with Gasteiger partial charge >= 0.3 is 0 Å². The minimum Gasteiger partial charge on any atom is -0.347 e. The highest BCUT2D eigenvalue weighted by molar-refractivity contribution is 5.99. The molecule has 9 heavy (non-hydrogen) atoms. The monoisotopic (exact) mass is 129 g/mol. The van der Waals surface area contributed by atoms with Crippen molar-refractivity contribution in [2.45, 2.75) is 18.9 Å². The molecule has 1 saturated heterocycles. The van der Waals surface area contributed by atoms with Crippen LogP contribution in [0.1, 0.15) is 12.8 Å². The molecule has 4 N–H and O–H groups in total. The van der Waals surface area contributed by atoms with Gasteiger partial charge in [0.1, 0.15) is 0 Å². The van der Waals surface area contributed by atoms with Crippen LogP contribution < -0.4 is 11.1 Å². The predicted molar refractivity (Wildman–Crippen MR) is 29.1 cm³/mol. The van der Waals surface area contributed by atoms with Gasteiger partial charge in [0.05, 0.1) is 0 Å². The highest BCUT2D eigenvalue weighted by Crippen LogP contribution is 1.98. The third kappa shape index (κ3) is 1.26. The normalized spacial score (nSPS) is 27.9. The van der Waals surface area contributed by atoms with Gasteiger partial charge in [0.2, 0.25) is 5.91 Å². The number of amides is 2. The van der Waals surface area contributed by atoms with Crippen LogP contribution in [-0.2, 0) is 9.59 Å². The lowest BCUT2D eigenvalue weighted by Gasteiger charge is -2.12. The van der Waals surface area contributed by atoms with Gasteiger partial charge in [-0.2, -0.15) is 0 Å². The molecule has 1 heterocycles. The summed E-state index contributed by atoms with van der Waals surface area (Å²) in [6.45, 7) is 0. The number of carbonyl (C=O) groups is 2. The molecule has 0 aliphatic carbocycles. The number of imide groups is 1. The highest BCUT2D eigenvalue weighted by Gasteiger charge is 2.25. The van der Waals surface area contributed by atoms with Gasteiger partial charge in [-0.25, -0.2) is 0 Å². The summed E-state index contributed by atoms with van der Waals surface area (Å²) < 4.78 is 0. The molecule has 1 aliphatic heterocycles. The van der Waals surface area contributed by atoms with Crippen molar-refractivity contribution in [3.05, 3.63) is 0 Å². The zero-order valence-electron chi connectivity index (χ0n) is 5.02. The SMILES string of the molecule is [NH3+]C1CCC(=O)NC1=O. The number of carbonyl (C=O) groups excluding carboxylic acids is 2. The Morgan fingerprint density at radius 3 is 2.67 bits per heavy atom. The first-order valence-corrected chi connectivity index (χ1v) is 2.87. The lowest BCUT2D eigenvalue weighted by atomic mass is 10.1. The number of nitrogens with one attached hydrogen (secondary N) is 1. The van der Waals surface area contributed by atoms with E-state index in [9.17, 15) is 9.59 Å². The van der Waals surface area contributed by atoms with Gasteiger partial charge in [0.25, 0.3) is 5.91 Å². The molecule has 1 rings (SSSR count). The number of quaternary nitrogens is 1. The van der Waals surface area contributed by atoms with E-state index in [1.807, 2.05) is 0 Å². The largest absolute Gasteiger partial charge is 0.347 e. The Bertz CT molecular complexity index is 155. The molecule has 0 aromatic heterocycles. The van der Waals surface area contributed by atoms with Gasteiger partial charge in [0, 0.05) is 12.8 Å². The topological polar surface area (TPSA) is 73.8 Å². The summed E-state index contributed by atoms with van der Waals surface area (Å²) in [6, 6.07) is -0.234. The molecule has 0 bridgehead atoms. The fourth-order valence-electron chi connectivity index (χ4n) is 0.738. The number of rotatable bonds is 0. The minimum absolute atomic E-state index is 0.181. The van der Waals surface area contributed by atoms with Gasteiger partial charge in [-0.15, -0.1) is 0 Å². The van der Waals surface area contributed by atoms with Gasteiger partial charge in [-0.1, -0.05) is 0 Å². The van der Waals surface area contributed by atoms with E-state index in [-0.39, 0.29) is 17.9 Å². The van der Waals surface area contributed by atoms with E-state index >= 15 is 0 Å². The maximum absolute atomic E-state index is 10.6. The van der Waals surface area contributed by atoms with E-state index in [0.29, 0.717) is 12.8 Å². The number of hydrogen-bond acceptors (Lipinski definition) is 2. The summed E-state index contributed by atoms with van der Waals surface area (Å²) in [5, 5.41) is 2.19. The van der Waals surface area contributed by atoms with Crippen LogP contribution >= 0.6 is 0 Å². The highest BCUT2D eigenvalue weighted by atomic mass is 16.2. The van der Waals surface area contributed by atoms with Gasteiger partial charge in [-0.05, 0) is 0 Å². The number of piperidine rings is 1. The fourth-order valence-corrected chi connectivity index (χ4v) is 0.738. The maximum atomic E-state index is 10.6. The molecule has 0 aromatic rings. The summed E-state index contributed by atoms with van der Waals surface area (Å²) in [5.41, 5.74) is 3.55. The van der Waals surface area contributed by atoms with Crippen LogP contribution in [0, 0.1) is 0 Å². The molecule has 1 fully saturated rings. The second-order valence-corrected chi connectivity index (χ2v) is 2.15. The second kappa shape index (κ2) is 2.14. The van der Waals surface area contributed by atoms with Crippen LogP contribution in [0.15, 0.2) is 0 Å². The molecule has 0 spiro atoms. The van der Waals surface area contributed by atoms with Gasteiger partial charge in [0.15, 0.2) is 6.04 Å². The first-order valence-electron chi connectivity index (χ1n) is 2.87. The summed E-state index contributed by atoms with van der Waals surface area (Å²) in [7, 11) is 0.